The van der Waals surface area contributed by atoms with Gasteiger partial charge in [-0.05, 0) is 69.8 Å². The van der Waals surface area contributed by atoms with Gasteiger partial charge in [0, 0.05) is 37.1 Å². The fourth-order valence-electron chi connectivity index (χ4n) is 4.94. The number of likely N-dealkylation sites (N-methyl/N-ethyl adjacent to an activating group) is 2. The van der Waals surface area contributed by atoms with Crippen LogP contribution >= 0.6 is 11.8 Å². The van der Waals surface area contributed by atoms with Crippen molar-refractivity contribution in [3.8, 4) is 0 Å². The first-order valence-electron chi connectivity index (χ1n) is 17.3. The van der Waals surface area contributed by atoms with Crippen molar-refractivity contribution in [3.63, 3.8) is 0 Å². The molecular formula is C37H66N4O6S. The number of thioether (sulfide) groups is 1. The van der Waals surface area contributed by atoms with Crippen LogP contribution in [0.4, 0.5) is 0 Å². The second-order valence-electron chi connectivity index (χ2n) is 12.5. The molecule has 1 saturated heterocycles. The molecule has 2 heterocycles. The maximum absolute atomic E-state index is 12.2. The molecule has 2 unspecified atom stereocenters. The van der Waals surface area contributed by atoms with Crippen molar-refractivity contribution in [1.82, 2.24) is 20.9 Å². The summed E-state index contributed by atoms with van der Waals surface area (Å²) < 4.78 is 0. The predicted octanol–water partition coefficient (Wildman–Crippen LogP) is 6.22. The third-order valence-electron chi connectivity index (χ3n) is 7.74. The van der Waals surface area contributed by atoms with Gasteiger partial charge in [0.1, 0.15) is 12.6 Å². The number of aliphatic carboxylic acids is 1. The Labute approximate surface area is 295 Å². The minimum Gasteiger partial charge on any atom is -0.481 e. The van der Waals surface area contributed by atoms with Gasteiger partial charge in [0.05, 0.1) is 18.0 Å². The van der Waals surface area contributed by atoms with E-state index in [9.17, 15) is 19.2 Å². The van der Waals surface area contributed by atoms with Crippen LogP contribution in [0.25, 0.3) is 4.91 Å². The van der Waals surface area contributed by atoms with Gasteiger partial charge in [-0.3, -0.25) is 14.5 Å². The Morgan fingerprint density at radius 1 is 1.04 bits per heavy atom. The average Bonchev–Trinajstić information content (AvgIpc) is 3.71. The van der Waals surface area contributed by atoms with Gasteiger partial charge in [0.25, 0.3) is 0 Å². The molecule has 0 radical (unpaired) electrons. The molecule has 10 nitrogen and oxygen atoms in total. The summed E-state index contributed by atoms with van der Waals surface area (Å²) >= 11 is 1.84. The molecule has 0 bridgehead atoms. The Bertz CT molecular complexity index is 1040. The number of allylic oxidation sites excluding steroid dienone is 1. The summed E-state index contributed by atoms with van der Waals surface area (Å²) in [5.74, 6) is 0.396. The largest absolute Gasteiger partial charge is 0.481 e. The molecule has 48 heavy (non-hydrogen) atoms. The van der Waals surface area contributed by atoms with E-state index in [2.05, 4.69) is 52.0 Å². The maximum atomic E-state index is 12.2. The third kappa shape index (κ3) is 21.3. The number of benzene rings is 1. The van der Waals surface area contributed by atoms with Gasteiger partial charge in [-0.15, -0.1) is 11.8 Å². The number of aliphatic hydroxyl groups is 1. The standard InChI is InChI=1S/C17H23N3OS.C10H18O3.C7H15NO.C2H6.CH4O/c1-12-16(22-11-19-12)14-7-5-13(6-8-14)10-18-17(21)15-4-3-9-20(15)2;11-9-7-5-3-1-2-4-6-8-10(12)13;1-7(2,3)6(5-9)8-4;2*1-2/h5-8,15,19H,3-4,9-11H2,1-2H3,(H,18,21);9H,1-8H2,(H,12,13);5-6,8H,1-4H3;1-2H3;2H,1H3. The number of carbonyl (C=O) groups excluding carboxylic acids is 3. The van der Waals surface area contributed by atoms with Crippen molar-refractivity contribution in [2.24, 2.45) is 5.41 Å². The van der Waals surface area contributed by atoms with Crippen LogP contribution in [0, 0.1) is 5.41 Å². The molecule has 2 atom stereocenters. The van der Waals surface area contributed by atoms with Crippen LogP contribution in [0.3, 0.4) is 0 Å². The highest BCUT2D eigenvalue weighted by Crippen LogP contribution is 2.33. The molecule has 3 rings (SSSR count). The SMILES string of the molecule is CC.CC1=C(c2ccc(CNC(=O)C3CCCN3C)cc2)SCN1.CNC(C=O)C(C)(C)C.CO.O=CCCCCCCCCC(=O)O. The lowest BCUT2D eigenvalue weighted by Crippen LogP contribution is -2.41. The summed E-state index contributed by atoms with van der Waals surface area (Å²) in [6.45, 7) is 13.8. The number of nitrogens with zero attached hydrogens (tertiary/aromatic N) is 1. The van der Waals surface area contributed by atoms with E-state index in [1.807, 2.05) is 53.4 Å². The van der Waals surface area contributed by atoms with Gasteiger partial charge >= 0.3 is 5.97 Å². The zero-order valence-electron chi connectivity index (χ0n) is 31.2. The highest BCUT2D eigenvalue weighted by molar-refractivity contribution is 8.08. The smallest absolute Gasteiger partial charge is 0.303 e. The number of amides is 1. The van der Waals surface area contributed by atoms with Crippen molar-refractivity contribution in [1.29, 1.82) is 0 Å². The zero-order chi connectivity index (χ0) is 37.0. The van der Waals surface area contributed by atoms with E-state index < -0.39 is 5.97 Å². The van der Waals surface area contributed by atoms with Crippen LogP contribution in [0.5, 0.6) is 0 Å². The number of likely N-dealkylation sites (tertiary alicyclic amines) is 1. The second kappa shape index (κ2) is 29.2. The van der Waals surface area contributed by atoms with E-state index in [0.717, 1.165) is 89.0 Å². The van der Waals surface area contributed by atoms with Crippen LogP contribution in [0.15, 0.2) is 30.0 Å². The van der Waals surface area contributed by atoms with E-state index in [-0.39, 0.29) is 29.8 Å². The highest BCUT2D eigenvalue weighted by atomic mass is 32.2. The van der Waals surface area contributed by atoms with Crippen LogP contribution in [-0.4, -0.2) is 85.3 Å². The van der Waals surface area contributed by atoms with Crippen LogP contribution in [0.1, 0.15) is 117 Å². The number of aliphatic hydroxyl groups excluding tert-OH is 1. The molecule has 2 aliphatic heterocycles. The van der Waals surface area contributed by atoms with Gasteiger partial charge in [-0.2, -0.15) is 0 Å². The van der Waals surface area contributed by atoms with Gasteiger partial charge in [0.2, 0.25) is 5.91 Å². The Hall–Kier alpha value is -2.73. The van der Waals surface area contributed by atoms with E-state index in [0.29, 0.717) is 13.0 Å². The Kier molecular flexibility index (Phi) is 28.8. The van der Waals surface area contributed by atoms with Crippen LogP contribution in [0.2, 0.25) is 0 Å². The average molecular weight is 695 g/mol. The number of hydrogen-bond donors (Lipinski definition) is 5. The lowest BCUT2D eigenvalue weighted by molar-refractivity contribution is -0.137. The van der Waals surface area contributed by atoms with Crippen molar-refractivity contribution in [3.05, 3.63) is 41.1 Å². The molecule has 0 saturated carbocycles. The summed E-state index contributed by atoms with van der Waals surface area (Å²) in [6.07, 6.45) is 11.0. The Balaban J connectivity index is 0. The third-order valence-corrected chi connectivity index (χ3v) is 8.86. The molecule has 1 aromatic carbocycles. The van der Waals surface area contributed by atoms with Gasteiger partial charge in [-0.1, -0.05) is 84.6 Å². The van der Waals surface area contributed by atoms with Crippen molar-refractivity contribution >= 4 is 41.1 Å². The van der Waals surface area contributed by atoms with E-state index >= 15 is 0 Å². The number of aldehydes is 2. The first-order valence-corrected chi connectivity index (χ1v) is 18.3. The minimum absolute atomic E-state index is 0.0301. The summed E-state index contributed by atoms with van der Waals surface area (Å²) in [5, 5.41) is 24.7. The molecule has 0 spiro atoms. The lowest BCUT2D eigenvalue weighted by Gasteiger charge is -2.24. The van der Waals surface area contributed by atoms with Crippen LogP contribution in [-0.2, 0) is 25.7 Å². The molecule has 0 aliphatic carbocycles. The monoisotopic (exact) mass is 694 g/mol. The quantitative estimate of drug-likeness (QED) is 0.106. The number of carboxylic acid groups (broad SMARTS) is 1. The molecule has 1 fully saturated rings. The highest BCUT2D eigenvalue weighted by Gasteiger charge is 2.27. The number of hydrogen-bond acceptors (Lipinski definition) is 9. The molecule has 2 aliphatic rings. The first-order chi connectivity index (χ1) is 22.9. The normalized spacial score (nSPS) is 15.8. The zero-order valence-corrected chi connectivity index (χ0v) is 32.0. The molecule has 276 valence electrons. The van der Waals surface area contributed by atoms with Gasteiger partial charge in [-0.25, -0.2) is 0 Å². The topological polar surface area (TPSA) is 148 Å². The molecule has 1 aromatic rings. The number of unbranched alkanes of at least 4 members (excludes halogenated alkanes) is 6. The molecular weight excluding hydrogens is 628 g/mol. The molecule has 1 amide bonds. The van der Waals surface area contributed by atoms with Crippen molar-refractivity contribution in [2.45, 2.75) is 124 Å². The summed E-state index contributed by atoms with van der Waals surface area (Å²) in [7, 11) is 4.82. The molecule has 11 heteroatoms. The molecule has 5 N–H and O–H groups in total. The number of nitrogens with one attached hydrogen (secondary N) is 3. The van der Waals surface area contributed by atoms with E-state index in [1.165, 1.54) is 16.2 Å². The van der Waals surface area contributed by atoms with E-state index in [4.69, 9.17) is 10.2 Å². The van der Waals surface area contributed by atoms with Crippen LogP contribution < -0.4 is 16.0 Å². The maximum Gasteiger partial charge on any atom is 0.303 e. The first kappa shape index (κ1) is 47.4. The van der Waals surface area contributed by atoms with E-state index in [1.54, 1.807) is 7.05 Å². The number of rotatable bonds is 15. The summed E-state index contributed by atoms with van der Waals surface area (Å²) in [5.41, 5.74) is 3.68. The fourth-order valence-corrected chi connectivity index (χ4v) is 5.97. The number of carboxylic acids is 1. The Morgan fingerprint density at radius 3 is 2.04 bits per heavy atom. The predicted molar refractivity (Wildman–Crippen MR) is 201 cm³/mol. The Morgan fingerprint density at radius 2 is 1.62 bits per heavy atom. The second-order valence-corrected chi connectivity index (χ2v) is 13.4. The summed E-state index contributed by atoms with van der Waals surface area (Å²) in [6, 6.07) is 8.51. The van der Waals surface area contributed by atoms with Gasteiger partial charge < -0.3 is 35.8 Å². The van der Waals surface area contributed by atoms with Crippen molar-refractivity contribution < 1.29 is 29.4 Å². The summed E-state index contributed by atoms with van der Waals surface area (Å²) in [4.78, 5) is 46.0. The van der Waals surface area contributed by atoms with Crippen molar-refractivity contribution in [2.75, 3.05) is 33.6 Å². The fraction of sp³-hybridized carbons (Fsp3) is 0.676. The number of carbonyl (C=O) groups is 4. The minimum atomic E-state index is -0.707. The molecule has 0 aromatic heterocycles. The van der Waals surface area contributed by atoms with Gasteiger partial charge in [0.15, 0.2) is 0 Å². The lowest BCUT2D eigenvalue weighted by atomic mass is 9.88.